The zero-order valence-corrected chi connectivity index (χ0v) is 5.20. The number of nitrogens with two attached hydrogens (primary N) is 2. The summed E-state index contributed by atoms with van der Waals surface area (Å²) in [6.07, 6.45) is 0.794. The molecule has 0 heterocycles. The van der Waals surface area contributed by atoms with Gasteiger partial charge in [-0.2, -0.15) is 0 Å². The summed E-state index contributed by atoms with van der Waals surface area (Å²) in [5.74, 6) is -1.65. The Morgan fingerprint density at radius 3 is 2.00 bits per heavy atom. The van der Waals surface area contributed by atoms with Gasteiger partial charge in [0.15, 0.2) is 0 Å². The summed E-state index contributed by atoms with van der Waals surface area (Å²) in [5.41, 5.74) is 9.21. The highest BCUT2D eigenvalue weighted by Gasteiger charge is 2.03. The molecular weight excluding hydrogens is 136 g/mol. The van der Waals surface area contributed by atoms with Crippen LogP contribution in [0.2, 0.25) is 0 Å². The smallest absolute Gasteiger partial charge is 0.247 e. The van der Waals surface area contributed by atoms with Gasteiger partial charge in [-0.25, -0.2) is 0 Å². The van der Waals surface area contributed by atoms with Gasteiger partial charge in [0, 0.05) is 11.6 Å². The van der Waals surface area contributed by atoms with Crippen LogP contribution in [0.5, 0.6) is 0 Å². The number of aliphatic hydroxyl groups excluding tert-OH is 1. The van der Waals surface area contributed by atoms with Crippen LogP contribution in [0.1, 0.15) is 0 Å². The fourth-order valence-electron chi connectivity index (χ4n) is 0.366. The van der Waals surface area contributed by atoms with Gasteiger partial charge in [0.25, 0.3) is 0 Å². The highest BCUT2D eigenvalue weighted by Crippen LogP contribution is 1.88. The standard InChI is InChI=1S/C5H8N2O3/c6-4(9)1-3(2-8)5(7)10/h1,8H,2H2,(H2,6,9)(H2,7,10)/b3-1-. The van der Waals surface area contributed by atoms with Gasteiger partial charge in [-0.1, -0.05) is 0 Å². The quantitative estimate of drug-likeness (QED) is 0.394. The topological polar surface area (TPSA) is 106 Å². The van der Waals surface area contributed by atoms with Crippen LogP contribution in [0.3, 0.4) is 0 Å². The molecule has 0 unspecified atom stereocenters. The second-order valence-electron chi connectivity index (χ2n) is 1.59. The van der Waals surface area contributed by atoms with Crippen LogP contribution in [0.15, 0.2) is 11.6 Å². The molecule has 0 aromatic heterocycles. The number of hydrogen-bond acceptors (Lipinski definition) is 3. The zero-order chi connectivity index (χ0) is 8.15. The molecule has 0 aromatic carbocycles. The second kappa shape index (κ2) is 3.62. The van der Waals surface area contributed by atoms with Gasteiger partial charge in [0.05, 0.1) is 6.61 Å². The highest BCUT2D eigenvalue weighted by atomic mass is 16.3. The first-order chi connectivity index (χ1) is 4.57. The minimum Gasteiger partial charge on any atom is -0.391 e. The van der Waals surface area contributed by atoms with Crippen LogP contribution in [0.4, 0.5) is 0 Å². The molecule has 5 N–H and O–H groups in total. The van der Waals surface area contributed by atoms with Crippen molar-refractivity contribution in [2.24, 2.45) is 11.5 Å². The van der Waals surface area contributed by atoms with Crippen LogP contribution in [0, 0.1) is 0 Å². The summed E-state index contributed by atoms with van der Waals surface area (Å²) < 4.78 is 0. The maximum atomic E-state index is 10.3. The first-order valence-corrected chi connectivity index (χ1v) is 2.48. The lowest BCUT2D eigenvalue weighted by Crippen LogP contribution is -2.19. The summed E-state index contributed by atoms with van der Waals surface area (Å²) in [6.45, 7) is -0.571. The Morgan fingerprint density at radius 1 is 1.40 bits per heavy atom. The average molecular weight is 144 g/mol. The Balaban J connectivity index is 4.34. The van der Waals surface area contributed by atoms with Crippen LogP contribution < -0.4 is 11.5 Å². The average Bonchev–Trinajstić information content (AvgIpc) is 1.81. The molecule has 0 saturated heterocycles. The van der Waals surface area contributed by atoms with E-state index in [0.717, 1.165) is 6.08 Å². The number of carbonyl (C=O) groups excluding carboxylic acids is 2. The molecule has 0 fully saturated rings. The number of hydrogen-bond donors (Lipinski definition) is 3. The number of aliphatic hydroxyl groups is 1. The summed E-state index contributed by atoms with van der Waals surface area (Å²) in [6, 6.07) is 0. The Bertz CT molecular complexity index is 185. The van der Waals surface area contributed by atoms with E-state index in [2.05, 4.69) is 5.73 Å². The van der Waals surface area contributed by atoms with E-state index in [-0.39, 0.29) is 5.57 Å². The third-order valence-corrected chi connectivity index (χ3v) is 0.803. The van der Waals surface area contributed by atoms with Crippen LogP contribution in [-0.4, -0.2) is 23.5 Å². The van der Waals surface area contributed by atoms with Crippen molar-refractivity contribution < 1.29 is 14.7 Å². The van der Waals surface area contributed by atoms with Gasteiger partial charge in [0.2, 0.25) is 11.8 Å². The maximum absolute atomic E-state index is 10.3. The maximum Gasteiger partial charge on any atom is 0.247 e. The molecule has 5 nitrogen and oxygen atoms in total. The van der Waals surface area contributed by atoms with Gasteiger partial charge in [0.1, 0.15) is 0 Å². The van der Waals surface area contributed by atoms with E-state index >= 15 is 0 Å². The van der Waals surface area contributed by atoms with Crippen LogP contribution >= 0.6 is 0 Å². The summed E-state index contributed by atoms with van der Waals surface area (Å²) in [4.78, 5) is 20.4. The number of primary amides is 2. The van der Waals surface area contributed by atoms with Crippen molar-refractivity contribution >= 4 is 11.8 Å². The van der Waals surface area contributed by atoms with Crippen molar-refractivity contribution in [3.05, 3.63) is 11.6 Å². The van der Waals surface area contributed by atoms with Gasteiger partial charge >= 0.3 is 0 Å². The fraction of sp³-hybridized carbons (Fsp3) is 0.200. The molecular formula is C5H8N2O3. The van der Waals surface area contributed by atoms with Crippen LogP contribution in [0.25, 0.3) is 0 Å². The van der Waals surface area contributed by atoms with Gasteiger partial charge in [-0.15, -0.1) is 0 Å². The monoisotopic (exact) mass is 144 g/mol. The van der Waals surface area contributed by atoms with Gasteiger partial charge in [-0.3, -0.25) is 9.59 Å². The van der Waals surface area contributed by atoms with Crippen molar-refractivity contribution in [2.45, 2.75) is 0 Å². The third kappa shape index (κ3) is 2.83. The van der Waals surface area contributed by atoms with Crippen molar-refractivity contribution in [3.8, 4) is 0 Å². The number of rotatable bonds is 3. The van der Waals surface area contributed by atoms with E-state index in [4.69, 9.17) is 10.8 Å². The van der Waals surface area contributed by atoms with Crippen molar-refractivity contribution in [1.82, 2.24) is 0 Å². The predicted molar refractivity (Wildman–Crippen MR) is 33.6 cm³/mol. The molecule has 2 amide bonds. The Morgan fingerprint density at radius 2 is 1.90 bits per heavy atom. The van der Waals surface area contributed by atoms with E-state index < -0.39 is 18.4 Å². The van der Waals surface area contributed by atoms with E-state index in [1.54, 1.807) is 0 Å². The SMILES string of the molecule is NC(=O)/C=C(/CO)C(N)=O. The second-order valence-corrected chi connectivity index (χ2v) is 1.59. The van der Waals surface area contributed by atoms with Gasteiger partial charge in [-0.05, 0) is 0 Å². The van der Waals surface area contributed by atoms with E-state index in [1.807, 2.05) is 0 Å². The molecule has 10 heavy (non-hydrogen) atoms. The van der Waals surface area contributed by atoms with E-state index in [9.17, 15) is 9.59 Å². The third-order valence-electron chi connectivity index (χ3n) is 0.803. The van der Waals surface area contributed by atoms with E-state index in [1.165, 1.54) is 0 Å². The number of carbonyl (C=O) groups is 2. The number of amides is 2. The Kier molecular flexibility index (Phi) is 3.13. The molecule has 0 bridgehead atoms. The molecule has 0 atom stereocenters. The summed E-state index contributed by atoms with van der Waals surface area (Å²) in [5, 5.41) is 8.37. The summed E-state index contributed by atoms with van der Waals surface area (Å²) in [7, 11) is 0. The van der Waals surface area contributed by atoms with Crippen molar-refractivity contribution in [2.75, 3.05) is 6.61 Å². The molecule has 56 valence electrons. The lowest BCUT2D eigenvalue weighted by atomic mass is 10.2. The van der Waals surface area contributed by atoms with E-state index in [0.29, 0.717) is 0 Å². The van der Waals surface area contributed by atoms with Gasteiger partial charge < -0.3 is 16.6 Å². The van der Waals surface area contributed by atoms with Crippen LogP contribution in [-0.2, 0) is 9.59 Å². The molecule has 0 aliphatic heterocycles. The normalized spacial score (nSPS) is 11.1. The lowest BCUT2D eigenvalue weighted by molar-refractivity contribution is -0.116. The largest absolute Gasteiger partial charge is 0.391 e. The zero-order valence-electron chi connectivity index (χ0n) is 5.20. The Hall–Kier alpha value is -1.36. The molecule has 0 radical (unpaired) electrons. The molecule has 0 rings (SSSR count). The highest BCUT2D eigenvalue weighted by molar-refractivity contribution is 5.99. The molecule has 0 aliphatic carbocycles. The Labute approximate surface area is 57.3 Å². The first kappa shape index (κ1) is 8.64. The first-order valence-electron chi connectivity index (χ1n) is 2.48. The minimum atomic E-state index is -0.846. The minimum absolute atomic E-state index is 0.187. The molecule has 0 aromatic rings. The van der Waals surface area contributed by atoms with Crippen molar-refractivity contribution in [3.63, 3.8) is 0 Å². The molecule has 5 heteroatoms. The molecule has 0 aliphatic rings. The fourth-order valence-corrected chi connectivity index (χ4v) is 0.366. The lowest BCUT2D eigenvalue weighted by Gasteiger charge is -1.93. The summed E-state index contributed by atoms with van der Waals surface area (Å²) >= 11 is 0. The van der Waals surface area contributed by atoms with Crippen molar-refractivity contribution in [1.29, 1.82) is 0 Å². The molecule has 0 saturated carbocycles. The molecule has 0 spiro atoms. The predicted octanol–water partition coefficient (Wildman–Crippen LogP) is -2.12.